The lowest BCUT2D eigenvalue weighted by Gasteiger charge is -2.21. The van der Waals surface area contributed by atoms with E-state index in [1.54, 1.807) is 26.8 Å². The maximum Gasteiger partial charge on any atom is 0.412 e. The van der Waals surface area contributed by atoms with Crippen LogP contribution in [0.1, 0.15) is 27.2 Å². The first-order valence-electron chi connectivity index (χ1n) is 6.97. The molecule has 2 N–H and O–H groups in total. The summed E-state index contributed by atoms with van der Waals surface area (Å²) in [5.41, 5.74) is 0.552. The standard InChI is InChI=1S/C15H21FN2O2S/c1-15(2,3)20-14(19)18-12-5-4-10(16)8-13(12)17-11-6-7-21-9-11/h4-5,8,11,17H,6-7,9H2,1-3H3,(H,18,19). The van der Waals surface area contributed by atoms with Gasteiger partial charge in [-0.3, -0.25) is 5.32 Å². The van der Waals surface area contributed by atoms with E-state index in [2.05, 4.69) is 10.6 Å². The minimum atomic E-state index is -0.570. The molecule has 0 bridgehead atoms. The maximum atomic E-state index is 13.4. The zero-order chi connectivity index (χ0) is 15.5. The summed E-state index contributed by atoms with van der Waals surface area (Å²) in [7, 11) is 0. The van der Waals surface area contributed by atoms with Crippen molar-refractivity contribution < 1.29 is 13.9 Å². The fourth-order valence-electron chi connectivity index (χ4n) is 2.03. The van der Waals surface area contributed by atoms with Crippen molar-refractivity contribution in [2.24, 2.45) is 0 Å². The predicted octanol–water partition coefficient (Wildman–Crippen LogP) is 4.09. The minimum absolute atomic E-state index is 0.302. The average molecular weight is 312 g/mol. The number of carbonyl (C=O) groups excluding carboxylic acids is 1. The number of benzene rings is 1. The first-order valence-corrected chi connectivity index (χ1v) is 8.13. The van der Waals surface area contributed by atoms with Crippen molar-refractivity contribution >= 4 is 29.2 Å². The summed E-state index contributed by atoms with van der Waals surface area (Å²) in [5.74, 6) is 1.75. The molecular formula is C15H21FN2O2S. The molecule has 1 aromatic carbocycles. The van der Waals surface area contributed by atoms with Gasteiger partial charge in [-0.05, 0) is 51.1 Å². The fraction of sp³-hybridized carbons (Fsp3) is 0.533. The van der Waals surface area contributed by atoms with Crippen molar-refractivity contribution in [2.45, 2.75) is 38.8 Å². The Kier molecular flexibility index (Phi) is 4.98. The number of halogens is 1. The number of hydrogen-bond acceptors (Lipinski definition) is 4. The van der Waals surface area contributed by atoms with Gasteiger partial charge >= 0.3 is 6.09 Å². The molecule has 0 saturated carbocycles. The highest BCUT2D eigenvalue weighted by atomic mass is 32.2. The lowest BCUT2D eigenvalue weighted by atomic mass is 10.2. The number of rotatable bonds is 3. The van der Waals surface area contributed by atoms with Crippen LogP contribution in [0.5, 0.6) is 0 Å². The molecule has 21 heavy (non-hydrogen) atoms. The van der Waals surface area contributed by atoms with E-state index >= 15 is 0 Å². The van der Waals surface area contributed by atoms with Crippen molar-refractivity contribution in [2.75, 3.05) is 22.1 Å². The van der Waals surface area contributed by atoms with Crippen LogP contribution in [0.3, 0.4) is 0 Å². The number of hydrogen-bond donors (Lipinski definition) is 2. The Labute approximate surface area is 128 Å². The van der Waals surface area contributed by atoms with E-state index in [9.17, 15) is 9.18 Å². The predicted molar refractivity (Wildman–Crippen MR) is 85.6 cm³/mol. The summed E-state index contributed by atoms with van der Waals surface area (Å²) in [6, 6.07) is 4.57. The van der Waals surface area contributed by atoms with Gasteiger partial charge in [-0.25, -0.2) is 9.18 Å². The quantitative estimate of drug-likeness (QED) is 0.882. The molecular weight excluding hydrogens is 291 g/mol. The number of amides is 1. The monoisotopic (exact) mass is 312 g/mol. The molecule has 1 fully saturated rings. The normalized spacial score (nSPS) is 18.4. The Hall–Kier alpha value is -1.43. The Morgan fingerprint density at radius 2 is 2.14 bits per heavy atom. The second kappa shape index (κ2) is 6.56. The Bertz CT molecular complexity index is 511. The van der Waals surface area contributed by atoms with Crippen molar-refractivity contribution in [1.29, 1.82) is 0 Å². The molecule has 1 amide bonds. The van der Waals surface area contributed by atoms with Gasteiger partial charge in [0.2, 0.25) is 0 Å². The van der Waals surface area contributed by atoms with E-state index in [0.717, 1.165) is 17.9 Å². The van der Waals surface area contributed by atoms with Crippen LogP contribution >= 0.6 is 11.8 Å². The number of nitrogens with one attached hydrogen (secondary N) is 2. The van der Waals surface area contributed by atoms with Gasteiger partial charge in [0.25, 0.3) is 0 Å². The molecule has 0 aromatic heterocycles. The zero-order valence-electron chi connectivity index (χ0n) is 12.5. The van der Waals surface area contributed by atoms with Crippen molar-refractivity contribution in [3.8, 4) is 0 Å². The summed E-state index contributed by atoms with van der Waals surface area (Å²) in [6.07, 6.45) is 0.491. The fourth-order valence-corrected chi connectivity index (χ4v) is 3.18. The molecule has 1 aromatic rings. The van der Waals surface area contributed by atoms with Gasteiger partial charge in [0.1, 0.15) is 11.4 Å². The minimum Gasteiger partial charge on any atom is -0.444 e. The lowest BCUT2D eigenvalue weighted by Crippen LogP contribution is -2.28. The lowest BCUT2D eigenvalue weighted by molar-refractivity contribution is 0.0636. The van der Waals surface area contributed by atoms with E-state index in [-0.39, 0.29) is 5.82 Å². The molecule has 0 aliphatic carbocycles. The van der Waals surface area contributed by atoms with Crippen molar-refractivity contribution in [1.82, 2.24) is 0 Å². The molecule has 0 radical (unpaired) electrons. The molecule has 6 heteroatoms. The zero-order valence-corrected chi connectivity index (χ0v) is 13.3. The molecule has 116 valence electrons. The summed E-state index contributed by atoms with van der Waals surface area (Å²) in [5, 5.41) is 5.96. The molecule has 1 aliphatic heterocycles. The molecule has 2 rings (SSSR count). The highest BCUT2D eigenvalue weighted by Gasteiger charge is 2.20. The topological polar surface area (TPSA) is 50.4 Å². The Balaban J connectivity index is 2.08. The molecule has 1 unspecified atom stereocenters. The maximum absolute atomic E-state index is 13.4. The van der Waals surface area contributed by atoms with Crippen LogP contribution in [0.4, 0.5) is 20.6 Å². The second-order valence-electron chi connectivity index (χ2n) is 6.02. The molecule has 1 aliphatic rings. The number of carbonyl (C=O) groups is 1. The third-order valence-electron chi connectivity index (χ3n) is 2.91. The van der Waals surface area contributed by atoms with Crippen molar-refractivity contribution in [3.63, 3.8) is 0 Å². The Morgan fingerprint density at radius 1 is 1.38 bits per heavy atom. The average Bonchev–Trinajstić information content (AvgIpc) is 2.83. The van der Waals surface area contributed by atoms with Gasteiger partial charge in [0, 0.05) is 11.8 Å². The summed E-state index contributed by atoms with van der Waals surface area (Å²) >= 11 is 1.86. The van der Waals surface area contributed by atoms with Gasteiger partial charge in [-0.2, -0.15) is 11.8 Å². The third kappa shape index (κ3) is 5.12. The summed E-state index contributed by atoms with van der Waals surface area (Å²) < 4.78 is 18.7. The first kappa shape index (κ1) is 15.9. The van der Waals surface area contributed by atoms with Gasteiger partial charge in [-0.15, -0.1) is 0 Å². The second-order valence-corrected chi connectivity index (χ2v) is 7.17. The van der Waals surface area contributed by atoms with Crippen LogP contribution in [0.2, 0.25) is 0 Å². The molecule has 1 saturated heterocycles. The highest BCUT2D eigenvalue weighted by Crippen LogP contribution is 2.28. The largest absolute Gasteiger partial charge is 0.444 e. The van der Waals surface area contributed by atoms with Crippen LogP contribution in [-0.4, -0.2) is 29.2 Å². The molecule has 4 nitrogen and oxygen atoms in total. The van der Waals surface area contributed by atoms with E-state index in [1.165, 1.54) is 12.1 Å². The van der Waals surface area contributed by atoms with E-state index in [1.807, 2.05) is 11.8 Å². The van der Waals surface area contributed by atoms with Gasteiger partial charge in [0.05, 0.1) is 11.4 Å². The highest BCUT2D eigenvalue weighted by molar-refractivity contribution is 7.99. The van der Waals surface area contributed by atoms with Crippen LogP contribution in [0.15, 0.2) is 18.2 Å². The molecule has 1 atom stereocenters. The Morgan fingerprint density at radius 3 is 2.76 bits per heavy atom. The van der Waals surface area contributed by atoms with E-state index in [4.69, 9.17) is 4.74 Å². The number of ether oxygens (including phenoxy) is 1. The summed E-state index contributed by atoms with van der Waals surface area (Å²) in [6.45, 7) is 5.39. The van der Waals surface area contributed by atoms with Crippen LogP contribution in [0, 0.1) is 5.82 Å². The van der Waals surface area contributed by atoms with E-state index < -0.39 is 11.7 Å². The summed E-state index contributed by atoms with van der Waals surface area (Å²) in [4.78, 5) is 11.8. The van der Waals surface area contributed by atoms with Gasteiger partial charge in [0.15, 0.2) is 0 Å². The van der Waals surface area contributed by atoms with Gasteiger partial charge in [-0.1, -0.05) is 0 Å². The molecule has 0 spiro atoms. The van der Waals surface area contributed by atoms with Crippen LogP contribution < -0.4 is 10.6 Å². The van der Waals surface area contributed by atoms with Crippen LogP contribution in [0.25, 0.3) is 0 Å². The van der Waals surface area contributed by atoms with Crippen LogP contribution in [-0.2, 0) is 4.74 Å². The molecule has 1 heterocycles. The first-order chi connectivity index (χ1) is 9.83. The SMILES string of the molecule is CC(C)(C)OC(=O)Nc1ccc(F)cc1NC1CCSC1. The smallest absolute Gasteiger partial charge is 0.412 e. The van der Waals surface area contributed by atoms with Gasteiger partial charge < -0.3 is 10.1 Å². The number of thioether (sulfide) groups is 1. The van der Waals surface area contributed by atoms with Crippen molar-refractivity contribution in [3.05, 3.63) is 24.0 Å². The van der Waals surface area contributed by atoms with E-state index in [0.29, 0.717) is 17.4 Å². The third-order valence-corrected chi connectivity index (χ3v) is 4.07. The number of anilines is 2.